The number of aryl methyl sites for hydroxylation is 1. The molecule has 0 amide bonds. The van der Waals surface area contributed by atoms with Gasteiger partial charge in [0.25, 0.3) is 0 Å². The lowest BCUT2D eigenvalue weighted by molar-refractivity contribution is 0.299. The van der Waals surface area contributed by atoms with E-state index in [0.29, 0.717) is 12.4 Å². The summed E-state index contributed by atoms with van der Waals surface area (Å²) in [7, 11) is 0. The lowest BCUT2D eigenvalue weighted by atomic mass is 10.2. The Morgan fingerprint density at radius 2 is 1.89 bits per heavy atom. The molecule has 0 saturated carbocycles. The van der Waals surface area contributed by atoms with Crippen molar-refractivity contribution in [1.29, 1.82) is 0 Å². The van der Waals surface area contributed by atoms with Crippen molar-refractivity contribution in [3.05, 3.63) is 59.9 Å². The van der Waals surface area contributed by atoms with E-state index in [1.807, 2.05) is 37.3 Å². The van der Waals surface area contributed by atoms with Gasteiger partial charge in [0.15, 0.2) is 11.6 Å². The second-order valence-electron chi connectivity index (χ2n) is 4.43. The Balaban J connectivity index is 1.71. The summed E-state index contributed by atoms with van der Waals surface area (Å²) in [5.74, 6) is 0.0290. The third kappa shape index (κ3) is 4.28. The maximum Gasteiger partial charge on any atom is 0.165 e. The summed E-state index contributed by atoms with van der Waals surface area (Å²) in [6, 6.07) is 14.9. The number of rotatable bonds is 6. The molecule has 0 radical (unpaired) electrons. The van der Waals surface area contributed by atoms with Gasteiger partial charge in [0.2, 0.25) is 0 Å². The molecule has 2 aromatic carbocycles. The van der Waals surface area contributed by atoms with Crippen LogP contribution in [0, 0.1) is 12.7 Å². The van der Waals surface area contributed by atoms with E-state index in [-0.39, 0.29) is 5.82 Å². The maximum absolute atomic E-state index is 13.4. The number of anilines is 1. The first-order valence-electron chi connectivity index (χ1n) is 6.43. The summed E-state index contributed by atoms with van der Waals surface area (Å²) >= 11 is 0. The number of halogens is 1. The molecule has 0 heterocycles. The standard InChI is InChI=1S/C16H18FNO/c1-13-8-9-15(17)16(12-13)19-11-5-10-18-14-6-3-2-4-7-14/h2-4,6-9,12,18H,5,10-11H2,1H3. The number of para-hydroxylation sites is 1. The zero-order chi connectivity index (χ0) is 13.5. The molecule has 3 heteroatoms. The van der Waals surface area contributed by atoms with Crippen molar-refractivity contribution in [2.45, 2.75) is 13.3 Å². The quantitative estimate of drug-likeness (QED) is 0.791. The van der Waals surface area contributed by atoms with Crippen LogP contribution < -0.4 is 10.1 Å². The minimum absolute atomic E-state index is 0.304. The molecule has 0 aliphatic heterocycles. The highest BCUT2D eigenvalue weighted by Gasteiger charge is 2.02. The molecule has 0 aromatic heterocycles. The van der Waals surface area contributed by atoms with Crippen molar-refractivity contribution >= 4 is 5.69 Å². The molecule has 0 bridgehead atoms. The zero-order valence-electron chi connectivity index (χ0n) is 11.0. The zero-order valence-corrected chi connectivity index (χ0v) is 11.0. The van der Waals surface area contributed by atoms with E-state index >= 15 is 0 Å². The van der Waals surface area contributed by atoms with Crippen LogP contribution in [0.3, 0.4) is 0 Å². The Morgan fingerprint density at radius 1 is 1.11 bits per heavy atom. The molecule has 100 valence electrons. The van der Waals surface area contributed by atoms with Gasteiger partial charge < -0.3 is 10.1 Å². The van der Waals surface area contributed by atoms with E-state index in [2.05, 4.69) is 5.32 Å². The highest BCUT2D eigenvalue weighted by Crippen LogP contribution is 2.18. The largest absolute Gasteiger partial charge is 0.490 e. The minimum atomic E-state index is -0.304. The molecule has 19 heavy (non-hydrogen) atoms. The van der Waals surface area contributed by atoms with Crippen LogP contribution in [-0.2, 0) is 0 Å². The van der Waals surface area contributed by atoms with Crippen LogP contribution in [0.2, 0.25) is 0 Å². The van der Waals surface area contributed by atoms with Gasteiger partial charge in [-0.2, -0.15) is 0 Å². The first-order chi connectivity index (χ1) is 9.25. The van der Waals surface area contributed by atoms with Crippen LogP contribution in [-0.4, -0.2) is 13.2 Å². The normalized spacial score (nSPS) is 10.2. The highest BCUT2D eigenvalue weighted by molar-refractivity contribution is 5.42. The molecule has 2 nitrogen and oxygen atoms in total. The third-order valence-electron chi connectivity index (χ3n) is 2.77. The van der Waals surface area contributed by atoms with Crippen LogP contribution in [0.25, 0.3) is 0 Å². The fraction of sp³-hybridized carbons (Fsp3) is 0.250. The van der Waals surface area contributed by atoms with Crippen molar-refractivity contribution in [3.8, 4) is 5.75 Å². The SMILES string of the molecule is Cc1ccc(F)c(OCCCNc2ccccc2)c1. The topological polar surface area (TPSA) is 21.3 Å². The maximum atomic E-state index is 13.4. The number of nitrogens with one attached hydrogen (secondary N) is 1. The Hall–Kier alpha value is -2.03. The fourth-order valence-corrected chi connectivity index (χ4v) is 1.76. The summed E-state index contributed by atoms with van der Waals surface area (Å²) in [4.78, 5) is 0. The average Bonchev–Trinajstić information content (AvgIpc) is 2.43. The van der Waals surface area contributed by atoms with Crippen molar-refractivity contribution < 1.29 is 9.13 Å². The molecule has 1 N–H and O–H groups in total. The molecule has 0 atom stereocenters. The first-order valence-corrected chi connectivity index (χ1v) is 6.43. The lowest BCUT2D eigenvalue weighted by Crippen LogP contribution is -2.07. The van der Waals surface area contributed by atoms with E-state index in [4.69, 9.17) is 4.74 Å². The van der Waals surface area contributed by atoms with Crippen LogP contribution in [0.1, 0.15) is 12.0 Å². The number of benzene rings is 2. The molecular formula is C16H18FNO. The van der Waals surface area contributed by atoms with Gasteiger partial charge in [-0.3, -0.25) is 0 Å². The van der Waals surface area contributed by atoms with Crippen molar-refractivity contribution in [1.82, 2.24) is 0 Å². The van der Waals surface area contributed by atoms with E-state index < -0.39 is 0 Å². The summed E-state index contributed by atoms with van der Waals surface area (Å²) in [6.45, 7) is 3.22. The van der Waals surface area contributed by atoms with Crippen molar-refractivity contribution in [2.75, 3.05) is 18.5 Å². The van der Waals surface area contributed by atoms with Crippen LogP contribution >= 0.6 is 0 Å². The van der Waals surface area contributed by atoms with Crippen molar-refractivity contribution in [2.24, 2.45) is 0 Å². The molecule has 0 saturated heterocycles. The number of hydrogen-bond acceptors (Lipinski definition) is 2. The minimum Gasteiger partial charge on any atom is -0.490 e. The van der Waals surface area contributed by atoms with E-state index in [1.165, 1.54) is 6.07 Å². The number of ether oxygens (including phenoxy) is 1. The summed E-state index contributed by atoms with van der Waals surface area (Å²) in [5, 5.41) is 3.28. The summed E-state index contributed by atoms with van der Waals surface area (Å²) < 4.78 is 18.8. The summed E-state index contributed by atoms with van der Waals surface area (Å²) in [6.07, 6.45) is 0.822. The van der Waals surface area contributed by atoms with Gasteiger partial charge in [-0.1, -0.05) is 24.3 Å². The molecule has 2 aromatic rings. The van der Waals surface area contributed by atoms with Gasteiger partial charge >= 0.3 is 0 Å². The summed E-state index contributed by atoms with van der Waals surface area (Å²) in [5.41, 5.74) is 2.09. The monoisotopic (exact) mass is 259 g/mol. The Bertz CT molecular complexity index is 513. The van der Waals surface area contributed by atoms with Gasteiger partial charge in [-0.05, 0) is 43.2 Å². The Kier molecular flexibility index (Phi) is 4.78. The fourth-order valence-electron chi connectivity index (χ4n) is 1.76. The van der Waals surface area contributed by atoms with Gasteiger partial charge in [0, 0.05) is 12.2 Å². The second kappa shape index (κ2) is 6.78. The Morgan fingerprint density at radius 3 is 2.68 bits per heavy atom. The molecule has 0 spiro atoms. The van der Waals surface area contributed by atoms with Gasteiger partial charge in [0.05, 0.1) is 6.61 Å². The van der Waals surface area contributed by atoms with E-state index in [1.54, 1.807) is 12.1 Å². The van der Waals surface area contributed by atoms with Crippen LogP contribution in [0.4, 0.5) is 10.1 Å². The van der Waals surface area contributed by atoms with Crippen LogP contribution in [0.15, 0.2) is 48.5 Å². The van der Waals surface area contributed by atoms with Crippen LogP contribution in [0.5, 0.6) is 5.75 Å². The van der Waals surface area contributed by atoms with Gasteiger partial charge in [0.1, 0.15) is 0 Å². The molecule has 0 aliphatic rings. The van der Waals surface area contributed by atoms with Crippen molar-refractivity contribution in [3.63, 3.8) is 0 Å². The predicted molar refractivity (Wildman–Crippen MR) is 76.2 cm³/mol. The molecule has 0 unspecified atom stereocenters. The molecule has 2 rings (SSSR count). The molecular weight excluding hydrogens is 241 g/mol. The van der Waals surface area contributed by atoms with Gasteiger partial charge in [-0.15, -0.1) is 0 Å². The average molecular weight is 259 g/mol. The van der Waals surface area contributed by atoms with E-state index in [9.17, 15) is 4.39 Å². The first kappa shape index (κ1) is 13.4. The smallest absolute Gasteiger partial charge is 0.165 e. The predicted octanol–water partition coefficient (Wildman–Crippen LogP) is 4.02. The molecule has 0 aliphatic carbocycles. The lowest BCUT2D eigenvalue weighted by Gasteiger charge is -2.09. The Labute approximate surface area is 113 Å². The third-order valence-corrected chi connectivity index (χ3v) is 2.77. The highest BCUT2D eigenvalue weighted by atomic mass is 19.1. The number of hydrogen-bond donors (Lipinski definition) is 1. The second-order valence-corrected chi connectivity index (χ2v) is 4.43. The van der Waals surface area contributed by atoms with E-state index in [0.717, 1.165) is 24.2 Å². The van der Waals surface area contributed by atoms with Gasteiger partial charge in [-0.25, -0.2) is 4.39 Å². The molecule has 0 fully saturated rings.